The first-order valence-corrected chi connectivity index (χ1v) is 49.0. The van der Waals surface area contributed by atoms with Crippen LogP contribution >= 0.6 is 0 Å². The summed E-state index contributed by atoms with van der Waals surface area (Å²) < 4.78 is 68.4. The van der Waals surface area contributed by atoms with Gasteiger partial charge in [-0.05, 0) is 197 Å². The second kappa shape index (κ2) is 38.4. The summed E-state index contributed by atoms with van der Waals surface area (Å²) in [5, 5.41) is 37.8. The molecule has 3 amide bonds. The van der Waals surface area contributed by atoms with Gasteiger partial charge in [0.2, 0.25) is 17.7 Å². The first-order valence-electron chi connectivity index (χ1n) is 49.0. The van der Waals surface area contributed by atoms with E-state index in [1.165, 1.54) is 0 Å². The smallest absolute Gasteiger partial charge is 0.244 e. The van der Waals surface area contributed by atoms with Crippen molar-refractivity contribution in [2.45, 2.75) is 188 Å². The van der Waals surface area contributed by atoms with E-state index in [2.05, 4.69) is 112 Å². The molecule has 4 atom stereocenters. The number of pyridine rings is 12. The highest BCUT2D eigenvalue weighted by molar-refractivity contribution is 5.99. The molecule has 40 heteroatoms. The Kier molecular flexibility index (Phi) is 24.7. The zero-order valence-electron chi connectivity index (χ0n) is 81.2. The van der Waals surface area contributed by atoms with Gasteiger partial charge in [-0.1, -0.05) is 0 Å². The van der Waals surface area contributed by atoms with Crippen molar-refractivity contribution in [3.8, 4) is 45.0 Å². The quantitative estimate of drug-likeness (QED) is 0.0527. The third-order valence-corrected chi connectivity index (χ3v) is 29.1. The molecule has 738 valence electrons. The molecule has 21 heterocycles. The average Bonchev–Trinajstić information content (AvgIpc) is 1.74. The van der Waals surface area contributed by atoms with Crippen molar-refractivity contribution in [2.75, 3.05) is 85.0 Å². The normalized spacial score (nSPS) is 17.3. The number of nitrogens with one attached hydrogen (secondary N) is 4. The van der Waals surface area contributed by atoms with Crippen LogP contribution in [-0.4, -0.2) is 182 Å². The molecule has 0 fully saturated rings. The lowest BCUT2D eigenvalue weighted by Crippen LogP contribution is -2.29. The van der Waals surface area contributed by atoms with E-state index in [-0.39, 0.29) is 37.4 Å². The number of amides is 3. The molecule has 4 aliphatic heterocycles. The zero-order valence-corrected chi connectivity index (χ0v) is 81.2. The fourth-order valence-electron chi connectivity index (χ4n) is 21.0. The summed E-state index contributed by atoms with van der Waals surface area (Å²) in [6.45, 7) is 11.9. The highest BCUT2D eigenvalue weighted by Gasteiger charge is 2.33. The van der Waals surface area contributed by atoms with E-state index >= 15 is 0 Å². The van der Waals surface area contributed by atoms with Crippen LogP contribution in [0.25, 0.3) is 88.1 Å². The fourth-order valence-corrected chi connectivity index (χ4v) is 21.0. The Hall–Kier alpha value is -16.6. The SMILES string of the molecule is Cc1c(-c2cc3cc(Nc4cc5n(n4)CC(=O)N(C)CC5)ncc3c(N)n2)cnc2c1C(F)CCC2.Cc1c(-c2cc3cc(Nc4cc5n(n4)CC(=O)N(C)CC5)ncc3c(N)n2)cnc2c1[C@@H](F)CCC2.Cc1c(-c2cc3cc(Nc4cc5n(n4)CC(=O)N(C)CC5)ncc3c(N)n2)cnc2c1[C@H](F)CCC2.Cc1c(-c2cc3cc(Nc4cc5n(n4)Cc4nccn4CC5)ncc3c(N)n2)cnc2c1C(F)CCC2. The van der Waals surface area contributed by atoms with Gasteiger partial charge in [0.1, 0.15) is 96.7 Å². The van der Waals surface area contributed by atoms with Crippen molar-refractivity contribution in [3.63, 3.8) is 0 Å². The standard InChI is InChI=1S/C27H26FN9.3C26H27FN8O/c1-15-18(12-31-21-4-2-3-20(28)26(15)21)22-9-16-10-23(32-13-19(16)27(29)33-22)34-24-11-17-5-7-36-8-6-30-25(36)14-37(17)35-24;3*1-14-17(11-29-20-5-3-4-19(27)25(14)20)21-8-15-9-22(30-12-18(15)26(28)31-21)32-23-10-16-6-7-34(2)24(36)13-35(16)33-23/h6,8-13,20H,2-5,7,14H2,1H3,(H2,29,33)(H,32,34,35);3*8-12,19H,3-7,13H2,1-2H3,(H2,28,31)(H,30,32,33)/t;2*19-;/m.10./s1. The number of nitrogen functional groups attached to an aromatic ring is 4. The number of hydrogen-bond donors (Lipinski definition) is 8. The Morgan fingerprint density at radius 2 is 0.572 bits per heavy atom. The number of halogens is 4. The second-order valence-corrected chi connectivity index (χ2v) is 38.5. The Morgan fingerprint density at radius 1 is 0.310 bits per heavy atom. The summed E-state index contributed by atoms with van der Waals surface area (Å²) in [5.74, 6) is 7.60. The van der Waals surface area contributed by atoms with E-state index in [1.54, 1.807) is 99.5 Å². The molecule has 12 N–H and O–H groups in total. The van der Waals surface area contributed by atoms with Crippen molar-refractivity contribution in [1.29, 1.82) is 0 Å². The molecule has 0 aromatic carbocycles. The van der Waals surface area contributed by atoms with Crippen LogP contribution in [0.1, 0.15) is 172 Å². The number of nitrogens with zero attached hydrogens (tertiary/aromatic N) is 25. The molecule has 0 saturated carbocycles. The van der Waals surface area contributed by atoms with Gasteiger partial charge in [-0.15, -0.1) is 0 Å². The van der Waals surface area contributed by atoms with Crippen molar-refractivity contribution in [3.05, 3.63) is 231 Å². The maximum absolute atomic E-state index is 14.8. The summed E-state index contributed by atoms with van der Waals surface area (Å²) in [5.41, 5.74) is 44.8. The number of alkyl halides is 4. The molecule has 0 spiro atoms. The minimum Gasteiger partial charge on any atom is -0.383 e. The summed E-state index contributed by atoms with van der Waals surface area (Å²) >= 11 is 0. The van der Waals surface area contributed by atoms with Gasteiger partial charge in [-0.2, -0.15) is 20.4 Å². The van der Waals surface area contributed by atoms with Crippen LogP contribution in [0, 0.1) is 27.7 Å². The van der Waals surface area contributed by atoms with Crippen LogP contribution in [0.5, 0.6) is 0 Å². The van der Waals surface area contributed by atoms with Gasteiger partial charge in [0.15, 0.2) is 23.3 Å². The number of carbonyl (C=O) groups is 3. The van der Waals surface area contributed by atoms with Gasteiger partial charge in [0, 0.05) is 271 Å². The maximum atomic E-state index is 14.8. The fraction of sp³-hybridized carbons (Fsp3) is 0.333. The van der Waals surface area contributed by atoms with E-state index in [0.717, 1.165) is 228 Å². The van der Waals surface area contributed by atoms with E-state index in [4.69, 9.17) is 28.0 Å². The van der Waals surface area contributed by atoms with Crippen LogP contribution in [0.2, 0.25) is 0 Å². The van der Waals surface area contributed by atoms with E-state index < -0.39 is 24.7 Å². The van der Waals surface area contributed by atoms with Gasteiger partial charge in [0.05, 0.1) is 29.3 Å². The minimum absolute atomic E-state index is 0.0359. The number of imidazole rings is 1. The molecule has 17 aromatic rings. The van der Waals surface area contributed by atoms with Crippen LogP contribution in [0.15, 0.2) is 135 Å². The summed E-state index contributed by atoms with van der Waals surface area (Å²) in [6.07, 6.45) is 25.4. The monoisotopic (exact) mass is 1950 g/mol. The molecular weight excluding hydrogens is 1850 g/mol. The highest BCUT2D eigenvalue weighted by Crippen LogP contribution is 2.45. The maximum Gasteiger partial charge on any atom is 0.244 e. The molecule has 0 bridgehead atoms. The van der Waals surface area contributed by atoms with Gasteiger partial charge in [-0.3, -0.25) is 53.0 Å². The molecule has 145 heavy (non-hydrogen) atoms. The second-order valence-electron chi connectivity index (χ2n) is 38.5. The first-order chi connectivity index (χ1) is 70.1. The molecular formula is C105H107F4N33O3. The van der Waals surface area contributed by atoms with E-state index in [9.17, 15) is 31.9 Å². The predicted octanol–water partition coefficient (Wildman–Crippen LogP) is 16.3. The average molecular weight is 1960 g/mol. The first kappa shape index (κ1) is 93.4. The van der Waals surface area contributed by atoms with Gasteiger partial charge in [-0.25, -0.2) is 62.4 Å². The number of anilines is 12. The van der Waals surface area contributed by atoms with Crippen molar-refractivity contribution >= 4 is 131 Å². The Labute approximate surface area is 829 Å². The third kappa shape index (κ3) is 18.5. The van der Waals surface area contributed by atoms with E-state index in [1.807, 2.05) is 112 Å². The lowest BCUT2D eigenvalue weighted by atomic mass is 9.88. The molecule has 8 aliphatic rings. The molecule has 25 rings (SSSR count). The number of aryl methyl sites for hydroxylation is 6. The van der Waals surface area contributed by atoms with Crippen LogP contribution in [-0.2, 0) is 98.5 Å². The molecule has 17 aromatic heterocycles. The Bertz CT molecular complexity index is 7530. The summed E-state index contributed by atoms with van der Waals surface area (Å²) in [6, 6.07) is 23.3. The van der Waals surface area contributed by atoms with Gasteiger partial charge < -0.3 is 63.5 Å². The van der Waals surface area contributed by atoms with Gasteiger partial charge >= 0.3 is 0 Å². The lowest BCUT2D eigenvalue weighted by molar-refractivity contribution is -0.131. The van der Waals surface area contributed by atoms with Crippen LogP contribution in [0.4, 0.5) is 87.4 Å². The highest BCUT2D eigenvalue weighted by atomic mass is 19.1. The number of rotatable bonds is 12. The van der Waals surface area contributed by atoms with Crippen LogP contribution in [0.3, 0.4) is 0 Å². The molecule has 0 radical (unpaired) electrons. The molecule has 2 unspecified atom stereocenters. The Morgan fingerprint density at radius 3 is 0.848 bits per heavy atom. The van der Waals surface area contributed by atoms with Crippen LogP contribution < -0.4 is 44.2 Å². The van der Waals surface area contributed by atoms with Gasteiger partial charge in [0.25, 0.3) is 0 Å². The number of likely N-dealkylation sites (N-methyl/N-ethyl adjacent to an activating group) is 3. The zero-order chi connectivity index (χ0) is 100. The number of hydrogen-bond acceptors (Lipinski definition) is 28. The largest absolute Gasteiger partial charge is 0.383 e. The Balaban J connectivity index is 0.000000110. The lowest BCUT2D eigenvalue weighted by Gasteiger charge is -2.22. The minimum atomic E-state index is -1.00. The predicted molar refractivity (Wildman–Crippen MR) is 546 cm³/mol. The topological polar surface area (TPSA) is 457 Å². The van der Waals surface area contributed by atoms with Crippen molar-refractivity contribution in [1.82, 2.24) is 123 Å². The number of nitrogens with two attached hydrogens (primary N) is 4. The third-order valence-electron chi connectivity index (χ3n) is 29.1. The summed E-state index contributed by atoms with van der Waals surface area (Å²) in [7, 11) is 5.41. The summed E-state index contributed by atoms with van der Waals surface area (Å²) in [4.78, 5) is 101. The molecule has 36 nitrogen and oxygen atoms in total. The number of carbonyl (C=O) groups excluding carboxylic acids is 3. The number of fused-ring (bicyclic) bond motifs is 13. The molecule has 0 saturated heterocycles. The number of aromatic nitrogens is 22. The van der Waals surface area contributed by atoms with E-state index in [0.29, 0.717) is 161 Å². The van der Waals surface area contributed by atoms with Crippen molar-refractivity contribution in [2.24, 2.45) is 0 Å². The van der Waals surface area contributed by atoms with Crippen molar-refractivity contribution < 1.29 is 31.9 Å². The molecule has 4 aliphatic carbocycles.